The van der Waals surface area contributed by atoms with Gasteiger partial charge in [-0.3, -0.25) is 4.98 Å². The van der Waals surface area contributed by atoms with Crippen molar-refractivity contribution in [2.24, 2.45) is 0 Å². The third-order valence-corrected chi connectivity index (χ3v) is 1.10. The Labute approximate surface area is 55.1 Å². The lowest BCUT2D eigenvalue weighted by molar-refractivity contribution is 0.317. The monoisotopic (exact) mass is 149 g/mol. The summed E-state index contributed by atoms with van der Waals surface area (Å²) < 4.78 is 4.17. The number of hydrogen-bond donors (Lipinski definition) is 2. The summed E-state index contributed by atoms with van der Waals surface area (Å²) in [5.74, 6) is -1.09. The van der Waals surface area contributed by atoms with Crippen LogP contribution in [0.3, 0.4) is 0 Å². The number of alkyl halides is 1. The third-order valence-electron chi connectivity index (χ3n) is 0.834. The molecule has 1 aromatic rings. The molecule has 50 valence electrons. The Morgan fingerprint density at radius 2 is 2.44 bits per heavy atom. The molecule has 0 fully saturated rings. The minimum Gasteiger partial charge on any atom is -0.479 e. The van der Waals surface area contributed by atoms with Crippen molar-refractivity contribution in [2.45, 2.75) is 5.88 Å². The molecule has 0 bridgehead atoms. The van der Waals surface area contributed by atoms with Gasteiger partial charge in [0.1, 0.15) is 5.69 Å². The first kappa shape index (κ1) is 6.22. The summed E-state index contributed by atoms with van der Waals surface area (Å²) in [7, 11) is 0. The summed E-state index contributed by atoms with van der Waals surface area (Å²) in [6, 6.07) is 0. The van der Waals surface area contributed by atoms with Crippen LogP contribution in [0.25, 0.3) is 0 Å². The van der Waals surface area contributed by atoms with Gasteiger partial charge in [-0.05, 0) is 0 Å². The topological polar surface area (TPSA) is 66.2 Å². The molecular formula is C4H4ClNO3. The number of aromatic amines is 1. The molecule has 0 spiro atoms. The summed E-state index contributed by atoms with van der Waals surface area (Å²) in [4.78, 5) is 12.4. The van der Waals surface area contributed by atoms with Crippen LogP contribution < -0.4 is 5.76 Å². The van der Waals surface area contributed by atoms with E-state index in [4.69, 9.17) is 16.7 Å². The highest BCUT2D eigenvalue weighted by Crippen LogP contribution is 2.12. The largest absolute Gasteiger partial charge is 0.479 e. The fourth-order valence-electron chi connectivity index (χ4n) is 0.442. The number of aromatic nitrogens is 1. The summed E-state index contributed by atoms with van der Waals surface area (Å²) in [5.41, 5.74) is 0.210. The molecule has 1 aromatic heterocycles. The molecule has 0 aliphatic heterocycles. The highest BCUT2D eigenvalue weighted by Gasteiger charge is 2.04. The second kappa shape index (κ2) is 2.14. The zero-order valence-electron chi connectivity index (χ0n) is 4.35. The van der Waals surface area contributed by atoms with E-state index in [9.17, 15) is 4.79 Å². The van der Waals surface area contributed by atoms with Crippen molar-refractivity contribution >= 4 is 11.6 Å². The van der Waals surface area contributed by atoms with Crippen LogP contribution in [0.15, 0.2) is 9.21 Å². The fourth-order valence-corrected chi connectivity index (χ4v) is 0.623. The Balaban J connectivity index is 3.16. The number of oxazole rings is 1. The molecule has 0 saturated heterocycles. The normalized spacial score (nSPS) is 9.89. The van der Waals surface area contributed by atoms with Gasteiger partial charge in [-0.15, -0.1) is 11.6 Å². The van der Waals surface area contributed by atoms with Gasteiger partial charge in [0.2, 0.25) is 0 Å². The molecule has 0 aliphatic carbocycles. The van der Waals surface area contributed by atoms with Crippen molar-refractivity contribution in [1.82, 2.24) is 4.98 Å². The van der Waals surface area contributed by atoms with Crippen LogP contribution in [-0.2, 0) is 5.88 Å². The van der Waals surface area contributed by atoms with Crippen molar-refractivity contribution in [3.63, 3.8) is 0 Å². The minimum absolute atomic E-state index is 0.0393. The van der Waals surface area contributed by atoms with Crippen LogP contribution in [0.5, 0.6) is 5.95 Å². The van der Waals surface area contributed by atoms with E-state index in [2.05, 4.69) is 9.40 Å². The van der Waals surface area contributed by atoms with Crippen molar-refractivity contribution < 1.29 is 9.52 Å². The van der Waals surface area contributed by atoms with E-state index < -0.39 is 11.7 Å². The zero-order valence-corrected chi connectivity index (χ0v) is 5.10. The number of aromatic hydroxyl groups is 1. The van der Waals surface area contributed by atoms with Gasteiger partial charge < -0.3 is 9.52 Å². The number of nitrogens with one attached hydrogen (secondary N) is 1. The molecule has 0 aromatic carbocycles. The van der Waals surface area contributed by atoms with Gasteiger partial charge in [-0.2, -0.15) is 0 Å². The van der Waals surface area contributed by atoms with Crippen LogP contribution in [-0.4, -0.2) is 10.1 Å². The lowest BCUT2D eigenvalue weighted by Crippen LogP contribution is -1.95. The van der Waals surface area contributed by atoms with Crippen molar-refractivity contribution in [2.75, 3.05) is 0 Å². The van der Waals surface area contributed by atoms with Gasteiger partial charge in [0.25, 0.3) is 0 Å². The van der Waals surface area contributed by atoms with Crippen LogP contribution in [0.4, 0.5) is 0 Å². The van der Waals surface area contributed by atoms with Gasteiger partial charge in [-0.1, -0.05) is 0 Å². The van der Waals surface area contributed by atoms with Crippen LogP contribution >= 0.6 is 11.6 Å². The van der Waals surface area contributed by atoms with Gasteiger partial charge >= 0.3 is 11.7 Å². The second-order valence-corrected chi connectivity index (χ2v) is 1.70. The highest BCUT2D eigenvalue weighted by atomic mass is 35.5. The SMILES string of the molecule is O=c1[nH]c(CCl)c(O)o1. The van der Waals surface area contributed by atoms with Crippen molar-refractivity contribution in [1.29, 1.82) is 0 Å². The van der Waals surface area contributed by atoms with Crippen molar-refractivity contribution in [3.8, 4) is 5.95 Å². The second-order valence-electron chi connectivity index (χ2n) is 1.43. The van der Waals surface area contributed by atoms with E-state index in [1.807, 2.05) is 0 Å². The molecule has 0 atom stereocenters. The first-order chi connectivity index (χ1) is 4.24. The maximum atomic E-state index is 10.2. The molecule has 1 heterocycles. The van der Waals surface area contributed by atoms with Crippen LogP contribution in [0.1, 0.15) is 5.69 Å². The van der Waals surface area contributed by atoms with Gasteiger partial charge in [0.05, 0.1) is 5.88 Å². The van der Waals surface area contributed by atoms with Crippen LogP contribution in [0.2, 0.25) is 0 Å². The Kier molecular flexibility index (Phi) is 1.48. The Bertz CT molecular complexity index is 251. The smallest absolute Gasteiger partial charge is 0.419 e. The molecule has 0 unspecified atom stereocenters. The number of H-pyrrole nitrogens is 1. The van der Waals surface area contributed by atoms with Gasteiger partial charge in [0, 0.05) is 0 Å². The van der Waals surface area contributed by atoms with E-state index in [-0.39, 0.29) is 11.6 Å². The molecule has 5 heteroatoms. The summed E-state index contributed by atoms with van der Waals surface area (Å²) in [6.07, 6.45) is 0. The minimum atomic E-state index is -0.692. The predicted molar refractivity (Wildman–Crippen MR) is 30.6 cm³/mol. The molecule has 1 rings (SSSR count). The molecule has 0 saturated carbocycles. The predicted octanol–water partition coefficient (Wildman–Crippen LogP) is 0.412. The average Bonchev–Trinajstić information content (AvgIpc) is 2.10. The van der Waals surface area contributed by atoms with E-state index >= 15 is 0 Å². The zero-order chi connectivity index (χ0) is 6.85. The van der Waals surface area contributed by atoms with E-state index in [0.29, 0.717) is 0 Å². The Hall–Kier alpha value is -0.900. The molecular weight excluding hydrogens is 146 g/mol. The standard InChI is InChI=1S/C4H4ClNO3/c5-1-2-3(7)9-4(8)6-2/h7H,1H2,(H,6,8). The maximum absolute atomic E-state index is 10.2. The third kappa shape index (κ3) is 1.08. The van der Waals surface area contributed by atoms with Crippen LogP contribution in [0, 0.1) is 0 Å². The number of halogens is 1. The molecule has 9 heavy (non-hydrogen) atoms. The first-order valence-electron chi connectivity index (χ1n) is 2.21. The maximum Gasteiger partial charge on any atom is 0.419 e. The summed E-state index contributed by atoms with van der Waals surface area (Å²) in [5, 5.41) is 8.65. The van der Waals surface area contributed by atoms with E-state index in [0.717, 1.165) is 0 Å². The van der Waals surface area contributed by atoms with Gasteiger partial charge in [-0.25, -0.2) is 4.79 Å². The van der Waals surface area contributed by atoms with E-state index in [1.165, 1.54) is 0 Å². The van der Waals surface area contributed by atoms with Crippen molar-refractivity contribution in [3.05, 3.63) is 16.2 Å². The summed E-state index contributed by atoms with van der Waals surface area (Å²) >= 11 is 5.26. The number of rotatable bonds is 1. The molecule has 0 amide bonds. The highest BCUT2D eigenvalue weighted by molar-refractivity contribution is 6.17. The first-order valence-corrected chi connectivity index (χ1v) is 2.74. The summed E-state index contributed by atoms with van der Waals surface area (Å²) in [6.45, 7) is 0. The number of hydrogen-bond acceptors (Lipinski definition) is 3. The molecule has 4 nitrogen and oxygen atoms in total. The molecule has 0 aliphatic rings. The average molecular weight is 150 g/mol. The van der Waals surface area contributed by atoms with Gasteiger partial charge in [0.15, 0.2) is 0 Å². The fraction of sp³-hybridized carbons (Fsp3) is 0.250. The lowest BCUT2D eigenvalue weighted by Gasteiger charge is -1.82. The Morgan fingerprint density at radius 3 is 2.67 bits per heavy atom. The molecule has 0 radical (unpaired) electrons. The van der Waals surface area contributed by atoms with E-state index in [1.54, 1.807) is 0 Å². The quantitative estimate of drug-likeness (QED) is 0.569. The lowest BCUT2D eigenvalue weighted by atomic mass is 10.5. The molecule has 2 N–H and O–H groups in total. The Morgan fingerprint density at radius 1 is 1.78 bits per heavy atom.